The van der Waals surface area contributed by atoms with Gasteiger partial charge in [0.15, 0.2) is 0 Å². The van der Waals surface area contributed by atoms with E-state index >= 15 is 0 Å². The van der Waals surface area contributed by atoms with E-state index in [4.69, 9.17) is 10.5 Å². The van der Waals surface area contributed by atoms with Crippen molar-refractivity contribution in [1.82, 2.24) is 0 Å². The van der Waals surface area contributed by atoms with Crippen LogP contribution in [0.3, 0.4) is 0 Å². The third-order valence-corrected chi connectivity index (χ3v) is 3.48. The normalized spacial score (nSPS) is 17.6. The molecule has 0 unspecified atom stereocenters. The maximum Gasteiger partial charge on any atom is 0.131 e. The minimum absolute atomic E-state index is 0.277. The van der Waals surface area contributed by atoms with E-state index in [1.54, 1.807) is 19.1 Å². The van der Waals surface area contributed by atoms with Gasteiger partial charge < -0.3 is 10.5 Å². The Morgan fingerprint density at radius 1 is 1.47 bits per heavy atom. The van der Waals surface area contributed by atoms with Crippen molar-refractivity contribution < 1.29 is 9.13 Å². The number of nitrogens with two attached hydrogens (primary N) is 1. The molecule has 1 aliphatic carbocycles. The van der Waals surface area contributed by atoms with E-state index in [2.05, 4.69) is 0 Å². The van der Waals surface area contributed by atoms with Crippen LogP contribution in [-0.2, 0) is 0 Å². The van der Waals surface area contributed by atoms with E-state index in [-0.39, 0.29) is 11.9 Å². The van der Waals surface area contributed by atoms with E-state index < -0.39 is 0 Å². The standard InChI is InChI=1S/C14H20FNO/c1-10(16)14-12(15)6-3-7-13(14)17-9-8-11-4-2-5-11/h3,6-7,10-11H,2,4-5,8-9,16H2,1H3/t10-/m1/s1. The van der Waals surface area contributed by atoms with Gasteiger partial charge in [0.25, 0.3) is 0 Å². The van der Waals surface area contributed by atoms with Gasteiger partial charge in [-0.05, 0) is 31.4 Å². The van der Waals surface area contributed by atoms with Crippen LogP contribution < -0.4 is 10.5 Å². The van der Waals surface area contributed by atoms with Crippen LogP contribution in [0, 0.1) is 11.7 Å². The zero-order chi connectivity index (χ0) is 12.3. The monoisotopic (exact) mass is 237 g/mol. The lowest BCUT2D eigenvalue weighted by Crippen LogP contribution is -2.16. The summed E-state index contributed by atoms with van der Waals surface area (Å²) >= 11 is 0. The number of hydrogen-bond donors (Lipinski definition) is 1. The van der Waals surface area contributed by atoms with E-state index in [1.807, 2.05) is 0 Å². The molecule has 0 radical (unpaired) electrons. The second kappa shape index (κ2) is 5.50. The summed E-state index contributed by atoms with van der Waals surface area (Å²) in [5.41, 5.74) is 6.25. The average molecular weight is 237 g/mol. The number of benzene rings is 1. The van der Waals surface area contributed by atoms with Crippen LogP contribution in [0.4, 0.5) is 4.39 Å². The van der Waals surface area contributed by atoms with Gasteiger partial charge in [0.1, 0.15) is 11.6 Å². The molecule has 3 heteroatoms. The summed E-state index contributed by atoms with van der Waals surface area (Å²) in [6.45, 7) is 2.44. The molecule has 0 saturated heterocycles. The molecule has 1 saturated carbocycles. The lowest BCUT2D eigenvalue weighted by Gasteiger charge is -2.25. The lowest BCUT2D eigenvalue weighted by atomic mass is 9.83. The molecule has 1 atom stereocenters. The Morgan fingerprint density at radius 2 is 2.24 bits per heavy atom. The maximum atomic E-state index is 13.6. The van der Waals surface area contributed by atoms with Crippen molar-refractivity contribution in [2.45, 2.75) is 38.6 Å². The van der Waals surface area contributed by atoms with Crippen molar-refractivity contribution in [3.8, 4) is 5.75 Å². The second-order valence-electron chi connectivity index (χ2n) is 4.87. The average Bonchev–Trinajstić information content (AvgIpc) is 2.21. The number of ether oxygens (including phenoxy) is 1. The lowest BCUT2D eigenvalue weighted by molar-refractivity contribution is 0.220. The van der Waals surface area contributed by atoms with Gasteiger partial charge in [0, 0.05) is 11.6 Å². The molecule has 94 valence electrons. The van der Waals surface area contributed by atoms with E-state index in [0.717, 1.165) is 12.3 Å². The minimum atomic E-state index is -0.338. The van der Waals surface area contributed by atoms with Gasteiger partial charge in [-0.15, -0.1) is 0 Å². The molecular weight excluding hydrogens is 217 g/mol. The SMILES string of the molecule is C[C@@H](N)c1c(F)cccc1OCCC1CCC1. The van der Waals surface area contributed by atoms with Crippen LogP contribution in [0.25, 0.3) is 0 Å². The highest BCUT2D eigenvalue weighted by molar-refractivity contribution is 5.36. The summed E-state index contributed by atoms with van der Waals surface area (Å²) < 4.78 is 19.3. The van der Waals surface area contributed by atoms with Crippen molar-refractivity contribution in [1.29, 1.82) is 0 Å². The highest BCUT2D eigenvalue weighted by atomic mass is 19.1. The number of rotatable bonds is 5. The molecule has 17 heavy (non-hydrogen) atoms. The molecule has 1 aromatic rings. The van der Waals surface area contributed by atoms with Crippen molar-refractivity contribution in [3.05, 3.63) is 29.6 Å². The van der Waals surface area contributed by atoms with Gasteiger partial charge in [-0.2, -0.15) is 0 Å². The van der Waals surface area contributed by atoms with Gasteiger partial charge in [0.05, 0.1) is 6.61 Å². The molecule has 0 spiro atoms. The van der Waals surface area contributed by atoms with Crippen molar-refractivity contribution in [2.24, 2.45) is 11.7 Å². The first kappa shape index (κ1) is 12.4. The fourth-order valence-electron chi connectivity index (χ4n) is 2.20. The van der Waals surface area contributed by atoms with Crippen LogP contribution in [-0.4, -0.2) is 6.61 Å². The first-order valence-corrected chi connectivity index (χ1v) is 6.35. The van der Waals surface area contributed by atoms with Crippen LogP contribution in [0.1, 0.15) is 44.2 Å². The Bertz CT molecular complexity index is 374. The van der Waals surface area contributed by atoms with Crippen LogP contribution >= 0.6 is 0 Å². The first-order valence-electron chi connectivity index (χ1n) is 6.35. The van der Waals surface area contributed by atoms with Gasteiger partial charge >= 0.3 is 0 Å². The fraction of sp³-hybridized carbons (Fsp3) is 0.571. The molecule has 1 aliphatic rings. The molecule has 1 fully saturated rings. The summed E-state index contributed by atoms with van der Waals surface area (Å²) in [5.74, 6) is 1.13. The number of halogens is 1. The molecular formula is C14H20FNO. The zero-order valence-corrected chi connectivity index (χ0v) is 10.3. The summed E-state index contributed by atoms with van der Waals surface area (Å²) in [6, 6.07) is 4.55. The molecule has 0 aliphatic heterocycles. The smallest absolute Gasteiger partial charge is 0.131 e. The van der Waals surface area contributed by atoms with Gasteiger partial charge in [-0.1, -0.05) is 25.3 Å². The fourth-order valence-corrected chi connectivity index (χ4v) is 2.20. The Kier molecular flexibility index (Phi) is 4.00. The van der Waals surface area contributed by atoms with Gasteiger partial charge in [-0.25, -0.2) is 4.39 Å². The molecule has 0 amide bonds. The summed E-state index contributed by atoms with van der Waals surface area (Å²) in [7, 11) is 0. The molecule has 2 N–H and O–H groups in total. The van der Waals surface area contributed by atoms with Gasteiger partial charge in [-0.3, -0.25) is 0 Å². The third kappa shape index (κ3) is 2.97. The van der Waals surface area contributed by atoms with Crippen molar-refractivity contribution in [2.75, 3.05) is 6.61 Å². The quantitative estimate of drug-likeness (QED) is 0.851. The van der Waals surface area contributed by atoms with E-state index in [1.165, 1.54) is 25.3 Å². The molecule has 0 bridgehead atoms. The van der Waals surface area contributed by atoms with Crippen LogP contribution in [0.5, 0.6) is 5.75 Å². The molecule has 2 rings (SSSR count). The molecule has 2 nitrogen and oxygen atoms in total. The van der Waals surface area contributed by atoms with Crippen LogP contribution in [0.15, 0.2) is 18.2 Å². The Hall–Kier alpha value is -1.09. The van der Waals surface area contributed by atoms with Crippen LogP contribution in [0.2, 0.25) is 0 Å². The zero-order valence-electron chi connectivity index (χ0n) is 10.3. The largest absolute Gasteiger partial charge is 0.493 e. The van der Waals surface area contributed by atoms with Gasteiger partial charge in [0.2, 0.25) is 0 Å². The van der Waals surface area contributed by atoms with Crippen molar-refractivity contribution >= 4 is 0 Å². The van der Waals surface area contributed by atoms with Crippen molar-refractivity contribution in [3.63, 3.8) is 0 Å². The Labute approximate surface area is 102 Å². The third-order valence-electron chi connectivity index (χ3n) is 3.48. The minimum Gasteiger partial charge on any atom is -0.493 e. The molecule has 0 aromatic heterocycles. The molecule has 1 aromatic carbocycles. The number of hydrogen-bond acceptors (Lipinski definition) is 2. The predicted molar refractivity (Wildman–Crippen MR) is 66.5 cm³/mol. The highest BCUT2D eigenvalue weighted by Gasteiger charge is 2.18. The maximum absolute atomic E-state index is 13.6. The van der Waals surface area contributed by atoms with E-state index in [9.17, 15) is 4.39 Å². The summed E-state index contributed by atoms with van der Waals surface area (Å²) in [5, 5.41) is 0. The topological polar surface area (TPSA) is 35.2 Å². The van der Waals surface area contributed by atoms with E-state index in [0.29, 0.717) is 17.9 Å². The highest BCUT2D eigenvalue weighted by Crippen LogP contribution is 2.31. The molecule has 0 heterocycles. The summed E-state index contributed by atoms with van der Waals surface area (Å²) in [6.07, 6.45) is 5.03. The Morgan fingerprint density at radius 3 is 2.82 bits per heavy atom. The second-order valence-corrected chi connectivity index (χ2v) is 4.87. The predicted octanol–water partition coefficient (Wildman–Crippen LogP) is 3.41. The summed E-state index contributed by atoms with van der Waals surface area (Å²) in [4.78, 5) is 0. The Balaban J connectivity index is 1.96. The first-order chi connectivity index (χ1) is 8.18.